The molecule has 5 nitrogen and oxygen atoms in total. The van der Waals surface area contributed by atoms with Crippen molar-refractivity contribution in [1.82, 2.24) is 0 Å². The highest BCUT2D eigenvalue weighted by atomic mass is 16.5. The minimum Gasteiger partial charge on any atom is -0.468 e. The van der Waals surface area contributed by atoms with E-state index in [1.54, 1.807) is 0 Å². The number of carbonyl (C=O) groups is 2. The lowest BCUT2D eigenvalue weighted by Gasteiger charge is -2.71. The molecule has 0 aromatic heterocycles. The van der Waals surface area contributed by atoms with Gasteiger partial charge in [-0.05, 0) is 97.2 Å². The molecule has 0 aliphatic heterocycles. The summed E-state index contributed by atoms with van der Waals surface area (Å²) in [6, 6.07) is 0. The van der Waals surface area contributed by atoms with Gasteiger partial charge in [0.05, 0.1) is 24.7 Å². The number of hydrogen-bond acceptors (Lipinski definition) is 5. The number of aldehydes is 1. The molecule has 5 heteroatoms. The standard InChI is InChI=1S/C31H48O5/c1-26(2)14-15-31(25(35)36-7)20(16-26)19-8-9-22-27(3)12-11-23(33)28(4,18-32)21(27)10-13-29(22,5)30(19,6)17-24(31)34/h8,18,20-24,33-34H,9-17H2,1-7H3/t20-,21+,22+,23-,24+,27-,28-,29+,30+,31+/m0/s1. The topological polar surface area (TPSA) is 83.8 Å². The maximum Gasteiger partial charge on any atom is 0.315 e. The molecular formula is C31H48O5. The second-order valence-electron chi connectivity index (χ2n) is 15.0. The van der Waals surface area contributed by atoms with Crippen LogP contribution in [-0.4, -0.2) is 41.8 Å². The van der Waals surface area contributed by atoms with Crippen molar-refractivity contribution in [2.45, 2.75) is 112 Å². The fourth-order valence-corrected chi connectivity index (χ4v) is 10.8. The van der Waals surface area contributed by atoms with Gasteiger partial charge in [-0.3, -0.25) is 4.79 Å². The Morgan fingerprint density at radius 1 is 0.944 bits per heavy atom. The fraction of sp³-hybridized carbons (Fsp3) is 0.871. The molecule has 5 rings (SSSR count). The van der Waals surface area contributed by atoms with Crippen molar-refractivity contribution in [3.05, 3.63) is 11.6 Å². The molecule has 0 unspecified atom stereocenters. The summed E-state index contributed by atoms with van der Waals surface area (Å²) in [5.41, 5.74) is -0.426. The van der Waals surface area contributed by atoms with Gasteiger partial charge in [-0.15, -0.1) is 0 Å². The Morgan fingerprint density at radius 3 is 2.28 bits per heavy atom. The quantitative estimate of drug-likeness (QED) is 0.298. The Morgan fingerprint density at radius 2 is 1.64 bits per heavy atom. The summed E-state index contributed by atoms with van der Waals surface area (Å²) in [6.07, 6.45) is 9.60. The zero-order valence-corrected chi connectivity index (χ0v) is 23.5. The van der Waals surface area contributed by atoms with Crippen molar-refractivity contribution in [2.24, 2.45) is 50.2 Å². The summed E-state index contributed by atoms with van der Waals surface area (Å²) in [6.45, 7) is 13.7. The molecule has 2 N–H and O–H groups in total. The van der Waals surface area contributed by atoms with E-state index in [0.717, 1.165) is 44.8 Å². The van der Waals surface area contributed by atoms with Gasteiger partial charge in [0, 0.05) is 0 Å². The lowest BCUT2D eigenvalue weighted by Crippen LogP contribution is -2.68. The number of methoxy groups -OCH3 is 1. The van der Waals surface area contributed by atoms with Gasteiger partial charge in [-0.25, -0.2) is 0 Å². The predicted molar refractivity (Wildman–Crippen MR) is 139 cm³/mol. The van der Waals surface area contributed by atoms with Gasteiger partial charge in [0.1, 0.15) is 11.7 Å². The molecule has 0 aromatic rings. The average Bonchev–Trinajstić information content (AvgIpc) is 2.81. The summed E-state index contributed by atoms with van der Waals surface area (Å²) < 4.78 is 5.38. The Bertz CT molecular complexity index is 985. The van der Waals surface area contributed by atoms with E-state index in [-0.39, 0.29) is 39.5 Å². The van der Waals surface area contributed by atoms with E-state index in [0.29, 0.717) is 25.2 Å². The van der Waals surface area contributed by atoms with E-state index in [1.165, 1.54) is 12.7 Å². The van der Waals surface area contributed by atoms with Crippen molar-refractivity contribution in [3.63, 3.8) is 0 Å². The molecule has 0 heterocycles. The molecule has 4 fully saturated rings. The number of allylic oxidation sites excluding steroid dienone is 2. The number of aliphatic hydroxyl groups is 2. The van der Waals surface area contributed by atoms with Crippen molar-refractivity contribution in [1.29, 1.82) is 0 Å². The van der Waals surface area contributed by atoms with Gasteiger partial charge >= 0.3 is 5.97 Å². The lowest BCUT2D eigenvalue weighted by molar-refractivity contribution is -0.218. The summed E-state index contributed by atoms with van der Waals surface area (Å²) >= 11 is 0. The van der Waals surface area contributed by atoms with Crippen LogP contribution >= 0.6 is 0 Å². The average molecular weight is 501 g/mol. The van der Waals surface area contributed by atoms with Gasteiger partial charge in [-0.1, -0.05) is 53.2 Å². The fourth-order valence-electron chi connectivity index (χ4n) is 10.8. The van der Waals surface area contributed by atoms with Gasteiger partial charge < -0.3 is 19.7 Å². The molecule has 0 aromatic carbocycles. The molecule has 0 bridgehead atoms. The largest absolute Gasteiger partial charge is 0.468 e. The number of hydrogen-bond donors (Lipinski definition) is 2. The normalized spacial score (nSPS) is 53.6. The van der Waals surface area contributed by atoms with Crippen molar-refractivity contribution < 1.29 is 24.5 Å². The van der Waals surface area contributed by atoms with Crippen molar-refractivity contribution in [2.75, 3.05) is 7.11 Å². The Hall–Kier alpha value is -1.20. The molecule has 4 saturated carbocycles. The zero-order valence-electron chi connectivity index (χ0n) is 23.5. The molecule has 0 radical (unpaired) electrons. The first-order chi connectivity index (χ1) is 16.7. The first-order valence-electron chi connectivity index (χ1n) is 14.3. The number of rotatable bonds is 2. The van der Waals surface area contributed by atoms with E-state index in [2.05, 4.69) is 40.7 Å². The maximum absolute atomic E-state index is 13.4. The minimum absolute atomic E-state index is 0.0147. The Kier molecular flexibility index (Phi) is 5.80. The smallest absolute Gasteiger partial charge is 0.315 e. The van der Waals surface area contributed by atoms with Gasteiger partial charge in [0.25, 0.3) is 0 Å². The third-order valence-corrected chi connectivity index (χ3v) is 13.2. The van der Waals surface area contributed by atoms with Gasteiger partial charge in [0.2, 0.25) is 0 Å². The highest BCUT2D eigenvalue weighted by Crippen LogP contribution is 2.75. The molecule has 0 amide bonds. The summed E-state index contributed by atoms with van der Waals surface area (Å²) in [5.74, 6) is 0.251. The predicted octanol–water partition coefficient (Wildman–Crippen LogP) is 5.47. The van der Waals surface area contributed by atoms with Crippen LogP contribution in [0, 0.1) is 50.2 Å². The van der Waals surface area contributed by atoms with E-state index in [4.69, 9.17) is 4.74 Å². The number of fused-ring (bicyclic) bond motifs is 7. The second-order valence-corrected chi connectivity index (χ2v) is 15.0. The molecule has 202 valence electrons. The van der Waals surface area contributed by atoms with Crippen LogP contribution in [0.4, 0.5) is 0 Å². The number of ether oxygens (including phenoxy) is 1. The first-order valence-corrected chi connectivity index (χ1v) is 14.3. The molecular weight excluding hydrogens is 452 g/mol. The third-order valence-electron chi connectivity index (χ3n) is 13.2. The van der Waals surface area contributed by atoms with Crippen LogP contribution in [0.2, 0.25) is 0 Å². The van der Waals surface area contributed by atoms with Crippen LogP contribution in [0.25, 0.3) is 0 Å². The number of esters is 1. The molecule has 0 spiro atoms. The van der Waals surface area contributed by atoms with Crippen LogP contribution in [0.5, 0.6) is 0 Å². The van der Waals surface area contributed by atoms with E-state index in [9.17, 15) is 19.8 Å². The molecule has 5 aliphatic rings. The van der Waals surface area contributed by atoms with Crippen LogP contribution < -0.4 is 0 Å². The van der Waals surface area contributed by atoms with Crippen LogP contribution in [0.15, 0.2) is 11.6 Å². The lowest BCUT2D eigenvalue weighted by atomic mass is 9.33. The van der Waals surface area contributed by atoms with Crippen LogP contribution in [0.3, 0.4) is 0 Å². The summed E-state index contributed by atoms with van der Waals surface area (Å²) in [5, 5.41) is 22.8. The van der Waals surface area contributed by atoms with Crippen molar-refractivity contribution >= 4 is 12.3 Å². The molecule has 36 heavy (non-hydrogen) atoms. The van der Waals surface area contributed by atoms with Crippen molar-refractivity contribution in [3.8, 4) is 0 Å². The Balaban J connectivity index is 1.63. The Labute approximate surface area is 217 Å². The molecule has 5 aliphatic carbocycles. The highest BCUT2D eigenvalue weighted by Gasteiger charge is 2.71. The first kappa shape index (κ1) is 26.4. The van der Waals surface area contributed by atoms with Crippen LogP contribution in [-0.2, 0) is 14.3 Å². The highest BCUT2D eigenvalue weighted by molar-refractivity contribution is 5.79. The maximum atomic E-state index is 13.4. The second kappa shape index (κ2) is 7.91. The molecule has 10 atom stereocenters. The minimum atomic E-state index is -0.856. The third kappa shape index (κ3) is 3.02. The molecule has 0 saturated heterocycles. The summed E-state index contributed by atoms with van der Waals surface area (Å²) in [7, 11) is 1.46. The van der Waals surface area contributed by atoms with E-state index in [1.807, 2.05) is 6.92 Å². The monoisotopic (exact) mass is 500 g/mol. The van der Waals surface area contributed by atoms with Crippen LogP contribution in [0.1, 0.15) is 99.3 Å². The number of carbonyl (C=O) groups excluding carboxylic acids is 2. The summed E-state index contributed by atoms with van der Waals surface area (Å²) in [4.78, 5) is 25.8. The van der Waals surface area contributed by atoms with E-state index >= 15 is 0 Å². The van der Waals surface area contributed by atoms with Gasteiger partial charge in [-0.2, -0.15) is 0 Å². The van der Waals surface area contributed by atoms with E-state index < -0.39 is 23.0 Å². The number of aliphatic hydroxyl groups excluding tert-OH is 2. The zero-order chi connectivity index (χ0) is 26.5. The van der Waals surface area contributed by atoms with Gasteiger partial charge in [0.15, 0.2) is 0 Å². The SMILES string of the molecule is COC(=O)[C@]12CCC(C)(C)C[C@H]1C1=CC[C@@H]3[C@@]4(C)CC[C@H](O)[C@@](C)(C=O)[C@@H]4CC[C@@]3(C)[C@]1(C)C[C@H]2O.